The van der Waals surface area contributed by atoms with E-state index in [0.717, 1.165) is 0 Å². The number of hydrogen-bond acceptors (Lipinski definition) is 7. The number of nitrogens with zero attached hydrogens (tertiary/aromatic N) is 4. The quantitative estimate of drug-likeness (QED) is 0.498. The van der Waals surface area contributed by atoms with Gasteiger partial charge in [0, 0.05) is 52.7 Å². The summed E-state index contributed by atoms with van der Waals surface area (Å²) in [5, 5.41) is 3.23. The van der Waals surface area contributed by atoms with Gasteiger partial charge in [0.1, 0.15) is 6.61 Å². The van der Waals surface area contributed by atoms with E-state index in [4.69, 9.17) is 21.1 Å². The molecule has 4 rings (SSSR count). The van der Waals surface area contributed by atoms with Crippen LogP contribution in [0.3, 0.4) is 0 Å². The molecule has 1 aliphatic heterocycles. The molecule has 3 aromatic heterocycles. The van der Waals surface area contributed by atoms with Gasteiger partial charge in [-0.05, 0) is 26.7 Å². The number of imidazole rings is 1. The van der Waals surface area contributed by atoms with Gasteiger partial charge in [0.2, 0.25) is 5.82 Å². The third-order valence-corrected chi connectivity index (χ3v) is 7.37. The van der Waals surface area contributed by atoms with Crippen molar-refractivity contribution < 1.29 is 27.3 Å². The zero-order valence-corrected chi connectivity index (χ0v) is 20.9. The average Bonchev–Trinajstić information content (AvgIpc) is 3.15. The van der Waals surface area contributed by atoms with Crippen molar-refractivity contribution in [3.63, 3.8) is 0 Å². The second kappa shape index (κ2) is 10.0. The summed E-state index contributed by atoms with van der Waals surface area (Å²) in [6, 6.07) is 1.33. The molecule has 0 bridgehead atoms. The number of nitrogens with one attached hydrogen (secondary N) is 1. The van der Waals surface area contributed by atoms with Crippen LogP contribution < -0.4 is 14.8 Å². The van der Waals surface area contributed by atoms with Crippen molar-refractivity contribution in [2.45, 2.75) is 38.7 Å². The highest BCUT2D eigenvalue weighted by atomic mass is 35.5. The first-order valence-electron chi connectivity index (χ1n) is 10.8. The second-order valence-electron chi connectivity index (χ2n) is 8.54. The Morgan fingerprint density at radius 1 is 1.29 bits per heavy atom. The topological polar surface area (TPSA) is 108 Å². The maximum atomic E-state index is 13.1. The fraction of sp³-hybridized carbons (Fsp3) is 0.455. The molecule has 0 spiro atoms. The van der Waals surface area contributed by atoms with Crippen LogP contribution in [-0.4, -0.2) is 59.7 Å². The molecule has 35 heavy (non-hydrogen) atoms. The van der Waals surface area contributed by atoms with Crippen LogP contribution in [0.4, 0.5) is 8.78 Å². The van der Waals surface area contributed by atoms with E-state index in [1.807, 2.05) is 6.92 Å². The maximum absolute atomic E-state index is 13.1. The normalized spacial score (nSPS) is 20.3. The third kappa shape index (κ3) is 5.53. The standard InChI is InChI=1S/C22H24ClF2N5O4S/c1-12-15(34-21-14(33-11-16(24)25)8-13(23)9-27-21)10-26-18-17(12)30(3)19(28-18)20(31)29-22(2)4-6-35(32)7-5-22/h8-10,16H,4-7,11H2,1-3H3,(H,29,31). The minimum absolute atomic E-state index is 0.0379. The molecule has 4 heterocycles. The molecular formula is C22H24ClF2N5O4S. The Labute approximate surface area is 207 Å². The van der Waals surface area contributed by atoms with Gasteiger partial charge >= 0.3 is 0 Å². The predicted molar refractivity (Wildman–Crippen MR) is 127 cm³/mol. The Kier molecular flexibility index (Phi) is 7.22. The van der Waals surface area contributed by atoms with E-state index >= 15 is 0 Å². The number of ether oxygens (including phenoxy) is 2. The van der Waals surface area contributed by atoms with Gasteiger partial charge in [-0.15, -0.1) is 0 Å². The first-order chi connectivity index (χ1) is 16.6. The molecule has 1 saturated heterocycles. The Bertz CT molecular complexity index is 1290. The highest BCUT2D eigenvalue weighted by Gasteiger charge is 2.33. The van der Waals surface area contributed by atoms with Crippen LogP contribution >= 0.6 is 11.6 Å². The zero-order chi connectivity index (χ0) is 25.3. The summed E-state index contributed by atoms with van der Waals surface area (Å²) in [5.74, 6) is 1.10. The summed E-state index contributed by atoms with van der Waals surface area (Å²) in [7, 11) is 0.846. The summed E-state index contributed by atoms with van der Waals surface area (Å²) in [6.45, 7) is 2.85. The average molecular weight is 528 g/mol. The van der Waals surface area contributed by atoms with Crippen LogP contribution in [0.1, 0.15) is 35.9 Å². The molecule has 9 nitrogen and oxygen atoms in total. The molecule has 13 heteroatoms. The number of fused-ring (bicyclic) bond motifs is 1. The van der Waals surface area contributed by atoms with Crippen molar-refractivity contribution in [2.75, 3.05) is 18.1 Å². The molecule has 1 amide bonds. The SMILES string of the molecule is Cc1c(Oc2ncc(Cl)cc2OCC(F)F)cnc2nc(C(=O)NC3(C)CCS(=O)CC3)n(C)c12. The third-order valence-electron chi connectivity index (χ3n) is 5.84. The highest BCUT2D eigenvalue weighted by Crippen LogP contribution is 2.35. The number of hydrogen-bond donors (Lipinski definition) is 1. The van der Waals surface area contributed by atoms with Gasteiger partial charge in [-0.25, -0.2) is 23.7 Å². The number of rotatable bonds is 7. The Balaban J connectivity index is 1.61. The van der Waals surface area contributed by atoms with Crippen LogP contribution in [0.5, 0.6) is 17.4 Å². The van der Waals surface area contributed by atoms with Crippen LogP contribution in [0.25, 0.3) is 11.2 Å². The summed E-state index contributed by atoms with van der Waals surface area (Å²) >= 11 is 5.92. The van der Waals surface area contributed by atoms with Gasteiger partial charge in [-0.2, -0.15) is 0 Å². The number of alkyl halides is 2. The van der Waals surface area contributed by atoms with E-state index in [0.29, 0.717) is 41.1 Å². The van der Waals surface area contributed by atoms with E-state index in [1.54, 1.807) is 18.5 Å². The molecule has 0 unspecified atom stereocenters. The van der Waals surface area contributed by atoms with Crippen molar-refractivity contribution in [1.29, 1.82) is 0 Å². The lowest BCUT2D eigenvalue weighted by molar-refractivity contribution is 0.0804. The summed E-state index contributed by atoms with van der Waals surface area (Å²) in [5.41, 5.74) is 1.05. The van der Waals surface area contributed by atoms with Crippen LogP contribution in [0.2, 0.25) is 5.02 Å². The summed E-state index contributed by atoms with van der Waals surface area (Å²) in [6.07, 6.45) is 1.28. The molecule has 3 aromatic rings. The van der Waals surface area contributed by atoms with Gasteiger partial charge in [0.15, 0.2) is 17.1 Å². The molecule has 1 aliphatic rings. The zero-order valence-electron chi connectivity index (χ0n) is 19.3. The molecule has 188 valence electrons. The van der Waals surface area contributed by atoms with Crippen LogP contribution in [-0.2, 0) is 17.8 Å². The van der Waals surface area contributed by atoms with E-state index < -0.39 is 29.4 Å². The smallest absolute Gasteiger partial charge is 0.287 e. The van der Waals surface area contributed by atoms with Crippen molar-refractivity contribution in [3.05, 3.63) is 34.9 Å². The minimum Gasteiger partial charge on any atom is -0.482 e. The number of amides is 1. The number of carbonyl (C=O) groups is 1. The fourth-order valence-corrected chi connectivity index (χ4v) is 5.55. The predicted octanol–water partition coefficient (Wildman–Crippen LogP) is 3.79. The highest BCUT2D eigenvalue weighted by molar-refractivity contribution is 7.85. The first kappa shape index (κ1) is 25.2. The molecule has 0 radical (unpaired) electrons. The number of pyridine rings is 2. The van der Waals surface area contributed by atoms with E-state index in [2.05, 4.69) is 20.3 Å². The van der Waals surface area contributed by atoms with E-state index in [9.17, 15) is 17.8 Å². The summed E-state index contributed by atoms with van der Waals surface area (Å²) < 4.78 is 49.5. The van der Waals surface area contributed by atoms with Crippen molar-refractivity contribution in [2.24, 2.45) is 7.05 Å². The minimum atomic E-state index is -2.68. The molecule has 0 atom stereocenters. The molecule has 1 fully saturated rings. The monoisotopic (exact) mass is 527 g/mol. The Hall–Kier alpha value is -2.86. The molecule has 1 N–H and O–H groups in total. The lowest BCUT2D eigenvalue weighted by Crippen LogP contribution is -2.50. The maximum Gasteiger partial charge on any atom is 0.287 e. The fourth-order valence-electron chi connectivity index (χ4n) is 3.84. The number of carbonyl (C=O) groups excluding carboxylic acids is 1. The largest absolute Gasteiger partial charge is 0.482 e. The summed E-state index contributed by atoms with van der Waals surface area (Å²) in [4.78, 5) is 25.8. The van der Waals surface area contributed by atoms with Gasteiger partial charge < -0.3 is 19.4 Å². The Morgan fingerprint density at radius 3 is 2.69 bits per heavy atom. The van der Waals surface area contributed by atoms with Gasteiger partial charge in [-0.1, -0.05) is 11.6 Å². The molecule has 0 aromatic carbocycles. The first-order valence-corrected chi connectivity index (χ1v) is 12.7. The van der Waals surface area contributed by atoms with E-state index in [-0.39, 0.29) is 34.1 Å². The van der Waals surface area contributed by atoms with Crippen molar-refractivity contribution in [1.82, 2.24) is 24.8 Å². The number of aromatic nitrogens is 4. The second-order valence-corrected chi connectivity index (χ2v) is 10.7. The van der Waals surface area contributed by atoms with E-state index in [1.165, 1.54) is 18.5 Å². The van der Waals surface area contributed by atoms with Gasteiger partial charge in [0.25, 0.3) is 18.2 Å². The van der Waals surface area contributed by atoms with Crippen LogP contribution in [0.15, 0.2) is 18.5 Å². The number of halogens is 3. The number of aryl methyl sites for hydroxylation is 2. The molecule has 0 aliphatic carbocycles. The van der Waals surface area contributed by atoms with Gasteiger partial charge in [0.05, 0.1) is 16.7 Å². The molecular weight excluding hydrogens is 504 g/mol. The Morgan fingerprint density at radius 2 is 2.00 bits per heavy atom. The van der Waals surface area contributed by atoms with Gasteiger partial charge in [-0.3, -0.25) is 9.00 Å². The molecule has 0 saturated carbocycles. The van der Waals surface area contributed by atoms with Crippen molar-refractivity contribution in [3.8, 4) is 17.4 Å². The lowest BCUT2D eigenvalue weighted by Gasteiger charge is -2.33. The van der Waals surface area contributed by atoms with Crippen molar-refractivity contribution >= 4 is 39.5 Å². The lowest BCUT2D eigenvalue weighted by atomic mass is 9.95. The van der Waals surface area contributed by atoms with Crippen LogP contribution in [0, 0.1) is 6.92 Å².